The van der Waals surface area contributed by atoms with Gasteiger partial charge in [-0.2, -0.15) is 0 Å². The third-order valence-electron chi connectivity index (χ3n) is 14.2. The Kier molecular flexibility index (Phi) is 21.2. The molecule has 80 heavy (non-hydrogen) atoms. The van der Waals surface area contributed by atoms with Gasteiger partial charge in [-0.1, -0.05) is 212 Å². The van der Waals surface area contributed by atoms with Crippen molar-refractivity contribution in [2.45, 2.75) is 133 Å². The van der Waals surface area contributed by atoms with E-state index in [1.807, 2.05) is 226 Å². The second-order valence-corrected chi connectivity index (χ2v) is 20.8. The van der Waals surface area contributed by atoms with Gasteiger partial charge in [0.25, 0.3) is 0 Å². The van der Waals surface area contributed by atoms with Gasteiger partial charge in [-0.15, -0.1) is 0 Å². The monoisotopic (exact) mass is 1090 g/mol. The Labute approximate surface area is 470 Å². The number of hydrogen-bond donors (Lipinski definition) is 0. The van der Waals surface area contributed by atoms with Crippen molar-refractivity contribution >= 4 is 0 Å². The van der Waals surface area contributed by atoms with Crippen LogP contribution in [0.2, 0.25) is 0 Å². The number of rotatable bonds is 28. The molecule has 7 aromatic carbocycles. The van der Waals surface area contributed by atoms with E-state index in [0.717, 1.165) is 38.9 Å². The summed E-state index contributed by atoms with van der Waals surface area (Å²) in [7, 11) is 0. The third-order valence-corrected chi connectivity index (χ3v) is 14.2. The summed E-state index contributed by atoms with van der Waals surface area (Å²) in [6.45, 7) is 6.29. The van der Waals surface area contributed by atoms with Crippen LogP contribution in [0.25, 0.3) is 0 Å². The molecule has 3 saturated heterocycles. The number of hydrogen-bond acceptors (Lipinski definition) is 13. The van der Waals surface area contributed by atoms with Gasteiger partial charge in [0, 0.05) is 0 Å². The van der Waals surface area contributed by atoms with Crippen LogP contribution in [0.1, 0.15) is 52.8 Å². The third kappa shape index (κ3) is 16.8. The van der Waals surface area contributed by atoms with Crippen LogP contribution in [0.3, 0.4) is 0 Å². The normalized spacial score (nSPS) is 25.6. The van der Waals surface area contributed by atoms with E-state index >= 15 is 0 Å². The first-order valence-corrected chi connectivity index (χ1v) is 27.8. The first kappa shape index (κ1) is 57.3. The zero-order valence-corrected chi connectivity index (χ0v) is 45.6. The average molecular weight is 1090 g/mol. The Morgan fingerprint density at radius 2 is 0.613 bits per heavy atom. The van der Waals surface area contributed by atoms with Crippen LogP contribution < -0.4 is 0 Å². The molecule has 0 radical (unpaired) electrons. The number of benzene rings is 7. The molecule has 0 amide bonds. The summed E-state index contributed by atoms with van der Waals surface area (Å²) >= 11 is 0. The topological polar surface area (TPSA) is 120 Å². The summed E-state index contributed by atoms with van der Waals surface area (Å²) in [6, 6.07) is 70.4. The largest absolute Gasteiger partial charge is 0.374 e. The second kappa shape index (κ2) is 29.7. The van der Waals surface area contributed by atoms with Crippen LogP contribution >= 0.6 is 0 Å². The van der Waals surface area contributed by atoms with Gasteiger partial charge in [-0.05, 0) is 52.8 Å². The van der Waals surface area contributed by atoms with E-state index in [2.05, 4.69) is 0 Å². The molecule has 0 aromatic heterocycles. The van der Waals surface area contributed by atoms with Crippen molar-refractivity contribution in [1.29, 1.82) is 0 Å². The predicted molar refractivity (Wildman–Crippen MR) is 300 cm³/mol. The molecule has 3 aliphatic heterocycles. The van der Waals surface area contributed by atoms with Crippen LogP contribution in [-0.2, 0) is 108 Å². The van der Waals surface area contributed by atoms with E-state index in [0.29, 0.717) is 13.2 Å². The van der Waals surface area contributed by atoms with Gasteiger partial charge in [-0.3, -0.25) is 0 Å². The Morgan fingerprint density at radius 1 is 0.325 bits per heavy atom. The molecule has 3 fully saturated rings. The molecule has 3 heterocycles. The molecule has 11 atom stereocenters. The molecule has 420 valence electrons. The Morgan fingerprint density at radius 3 is 0.938 bits per heavy atom. The fourth-order valence-corrected chi connectivity index (χ4v) is 10.1. The van der Waals surface area contributed by atoms with Gasteiger partial charge in [0.2, 0.25) is 0 Å². The maximum atomic E-state index is 7.18. The average Bonchev–Trinajstić information content (AvgIpc) is 3.89. The van der Waals surface area contributed by atoms with E-state index in [9.17, 15) is 0 Å². The summed E-state index contributed by atoms with van der Waals surface area (Å²) in [5.74, 6) is -0.767. The highest BCUT2D eigenvalue weighted by Gasteiger charge is 2.53. The zero-order chi connectivity index (χ0) is 54.6. The van der Waals surface area contributed by atoms with Crippen molar-refractivity contribution in [3.63, 3.8) is 0 Å². The van der Waals surface area contributed by atoms with Gasteiger partial charge in [0.05, 0.1) is 72.7 Å². The minimum absolute atomic E-state index is 0.0552. The summed E-state index contributed by atoms with van der Waals surface area (Å²) < 4.78 is 89.2. The zero-order valence-electron chi connectivity index (χ0n) is 45.6. The van der Waals surface area contributed by atoms with Crippen LogP contribution in [0, 0.1) is 0 Å². The molecule has 0 spiro atoms. The minimum atomic E-state index is -1.04. The highest BCUT2D eigenvalue weighted by Crippen LogP contribution is 2.36. The molecule has 13 heteroatoms. The van der Waals surface area contributed by atoms with E-state index in [1.54, 1.807) is 0 Å². The van der Waals surface area contributed by atoms with Crippen molar-refractivity contribution in [1.82, 2.24) is 0 Å². The highest BCUT2D eigenvalue weighted by atomic mass is 16.8. The second-order valence-electron chi connectivity index (χ2n) is 20.8. The summed E-state index contributed by atoms with van der Waals surface area (Å²) in [5, 5.41) is 0. The first-order valence-electron chi connectivity index (χ1n) is 27.8. The van der Waals surface area contributed by atoms with Gasteiger partial charge in [0.1, 0.15) is 54.9 Å². The quantitative estimate of drug-likeness (QED) is 0.0463. The molecule has 0 N–H and O–H groups in total. The Bertz CT molecular complexity index is 2800. The molecule has 0 unspecified atom stereocenters. The number of ether oxygens (including phenoxy) is 13. The van der Waals surface area contributed by atoms with Crippen molar-refractivity contribution in [2.75, 3.05) is 26.4 Å². The standard InChI is InChI=1S/C67H74O13/c1-67(2)77-46-56(80-67)45-75-65-63(73-43-54-34-20-8-21-35-54)62(72-42-53-32-18-7-19-33-53)60(70-40-51-28-14-5-15-29-51)58(79-65)48-76-66-64(74-44-55-36-22-9-23-37-55)61(71-41-52-30-16-6-17-31-52)59(69-39-50-26-12-4-13-27-50)57(78-66)47-68-38-49-24-10-3-11-25-49/h3-37,56-66H,38-48H2,1-2H3/t56-,57+,58+,59-,60-,61-,62-,63+,64+,65+,66-/m0/s1. The molecule has 13 nitrogen and oxygen atoms in total. The van der Waals surface area contributed by atoms with Crippen molar-refractivity contribution in [3.05, 3.63) is 251 Å². The summed E-state index contributed by atoms with van der Waals surface area (Å²) in [6.07, 6.45) is -8.43. The van der Waals surface area contributed by atoms with Crippen LogP contribution in [0.15, 0.2) is 212 Å². The lowest BCUT2D eigenvalue weighted by atomic mass is 9.96. The molecule has 0 aliphatic carbocycles. The molecular formula is C67H74O13. The Balaban J connectivity index is 1.00. The maximum absolute atomic E-state index is 7.18. The summed E-state index contributed by atoms with van der Waals surface area (Å²) in [4.78, 5) is 0. The molecule has 3 aliphatic rings. The van der Waals surface area contributed by atoms with E-state index in [1.165, 1.54) is 0 Å². The lowest BCUT2D eigenvalue weighted by molar-refractivity contribution is -0.354. The van der Waals surface area contributed by atoms with Gasteiger partial charge >= 0.3 is 0 Å². The first-order chi connectivity index (χ1) is 39.4. The van der Waals surface area contributed by atoms with Crippen LogP contribution in [-0.4, -0.2) is 99.7 Å². The fraction of sp³-hybridized carbons (Fsp3) is 0.373. The fourth-order valence-electron chi connectivity index (χ4n) is 10.1. The maximum Gasteiger partial charge on any atom is 0.187 e. The van der Waals surface area contributed by atoms with Gasteiger partial charge in [0.15, 0.2) is 18.4 Å². The molecule has 0 saturated carbocycles. The van der Waals surface area contributed by atoms with Gasteiger partial charge in [-0.25, -0.2) is 0 Å². The SMILES string of the molecule is CC1(C)OC[C@H](CO[C@@H]2O[C@H](CO[C@H]3O[C@H](COCc4ccccc4)[C@H](OCc4ccccc4)[C@H](OCc4ccccc4)[C@H]3OCc3ccccc3)[C@H](OCc3ccccc3)[C@H](OCc3ccccc3)[C@H]2OCc2ccccc2)O1. The lowest BCUT2D eigenvalue weighted by Crippen LogP contribution is -2.64. The van der Waals surface area contributed by atoms with E-state index in [4.69, 9.17) is 61.6 Å². The molecule has 10 rings (SSSR count). The van der Waals surface area contributed by atoms with Crippen LogP contribution in [0.4, 0.5) is 0 Å². The predicted octanol–water partition coefficient (Wildman–Crippen LogP) is 11.4. The van der Waals surface area contributed by atoms with E-state index in [-0.39, 0.29) is 65.6 Å². The smallest absolute Gasteiger partial charge is 0.187 e. The lowest BCUT2D eigenvalue weighted by Gasteiger charge is -2.48. The molecule has 0 bridgehead atoms. The summed E-state index contributed by atoms with van der Waals surface area (Å²) in [5.41, 5.74) is 6.90. The Hall–Kier alpha value is -5.98. The molecular weight excluding hydrogens is 1010 g/mol. The minimum Gasteiger partial charge on any atom is -0.374 e. The van der Waals surface area contributed by atoms with Crippen LogP contribution in [0.5, 0.6) is 0 Å². The molecule has 7 aromatic rings. The van der Waals surface area contributed by atoms with Crippen molar-refractivity contribution in [2.24, 2.45) is 0 Å². The highest BCUT2D eigenvalue weighted by molar-refractivity contribution is 5.19. The van der Waals surface area contributed by atoms with Crippen molar-refractivity contribution < 1.29 is 61.6 Å². The van der Waals surface area contributed by atoms with Gasteiger partial charge < -0.3 is 61.6 Å². The van der Waals surface area contributed by atoms with Crippen molar-refractivity contribution in [3.8, 4) is 0 Å². The van der Waals surface area contributed by atoms with E-state index < -0.39 is 67.2 Å².